The van der Waals surface area contributed by atoms with Crippen molar-refractivity contribution in [2.75, 3.05) is 11.9 Å². The van der Waals surface area contributed by atoms with Crippen LogP contribution in [-0.4, -0.2) is 16.5 Å². The molecule has 4 heteroatoms. The van der Waals surface area contributed by atoms with Gasteiger partial charge in [0.15, 0.2) is 0 Å². The molecule has 0 bridgehead atoms. The smallest absolute Gasteiger partial charge is 0.145 e. The molecule has 96 valence electrons. The highest BCUT2D eigenvalue weighted by Crippen LogP contribution is 2.39. The Hall–Kier alpha value is -1.63. The monoisotopic (exact) mass is 244 g/mol. The van der Waals surface area contributed by atoms with Crippen LogP contribution in [0.2, 0.25) is 0 Å². The van der Waals surface area contributed by atoms with Crippen molar-refractivity contribution >= 4 is 5.82 Å². The number of nitriles is 1. The molecule has 0 amide bonds. The van der Waals surface area contributed by atoms with Crippen molar-refractivity contribution < 1.29 is 0 Å². The summed E-state index contributed by atoms with van der Waals surface area (Å²) in [6.07, 6.45) is 6.83. The fourth-order valence-corrected chi connectivity index (χ4v) is 2.69. The maximum absolute atomic E-state index is 8.79. The average Bonchev–Trinajstić information content (AvgIpc) is 2.91. The van der Waals surface area contributed by atoms with Gasteiger partial charge in [-0.05, 0) is 24.2 Å². The summed E-state index contributed by atoms with van der Waals surface area (Å²) in [6, 6.07) is 3.73. The second-order valence-corrected chi connectivity index (χ2v) is 5.72. The van der Waals surface area contributed by atoms with Crippen molar-refractivity contribution in [3.05, 3.63) is 18.1 Å². The van der Waals surface area contributed by atoms with Crippen LogP contribution in [0.1, 0.15) is 45.2 Å². The second kappa shape index (κ2) is 5.34. The summed E-state index contributed by atoms with van der Waals surface area (Å²) in [6.45, 7) is 5.50. The number of rotatable bonds is 4. The SMILES string of the molecule is CC(C)(CNc1cc(C#N)ncn1)C1CCCC1. The molecule has 1 aliphatic carbocycles. The van der Waals surface area contributed by atoms with Crippen LogP contribution in [0.4, 0.5) is 5.82 Å². The van der Waals surface area contributed by atoms with Gasteiger partial charge in [0.2, 0.25) is 0 Å². The lowest BCUT2D eigenvalue weighted by molar-refractivity contribution is 0.234. The van der Waals surface area contributed by atoms with E-state index >= 15 is 0 Å². The Kier molecular flexibility index (Phi) is 3.81. The van der Waals surface area contributed by atoms with Gasteiger partial charge in [-0.25, -0.2) is 9.97 Å². The van der Waals surface area contributed by atoms with Crippen LogP contribution >= 0.6 is 0 Å². The molecule has 0 radical (unpaired) electrons. The summed E-state index contributed by atoms with van der Waals surface area (Å²) >= 11 is 0. The van der Waals surface area contributed by atoms with Crippen molar-refractivity contribution in [1.82, 2.24) is 9.97 Å². The third kappa shape index (κ3) is 2.98. The Morgan fingerprint density at radius 3 is 2.78 bits per heavy atom. The highest BCUT2D eigenvalue weighted by atomic mass is 15.0. The predicted octanol–water partition coefficient (Wildman–Crippen LogP) is 2.98. The molecule has 1 aromatic rings. The molecule has 0 atom stereocenters. The fraction of sp³-hybridized carbons (Fsp3) is 0.643. The van der Waals surface area contributed by atoms with Gasteiger partial charge in [0.1, 0.15) is 23.9 Å². The fourth-order valence-electron chi connectivity index (χ4n) is 2.69. The van der Waals surface area contributed by atoms with Crippen molar-refractivity contribution in [1.29, 1.82) is 5.26 Å². The highest BCUT2D eigenvalue weighted by molar-refractivity contribution is 5.38. The molecule has 4 nitrogen and oxygen atoms in total. The molecule has 1 heterocycles. The van der Waals surface area contributed by atoms with E-state index in [-0.39, 0.29) is 5.41 Å². The summed E-state index contributed by atoms with van der Waals surface area (Å²) in [5, 5.41) is 12.1. The molecule has 0 aliphatic heterocycles. The largest absolute Gasteiger partial charge is 0.369 e. The molecule has 1 aliphatic rings. The van der Waals surface area contributed by atoms with Crippen LogP contribution in [-0.2, 0) is 0 Å². The van der Waals surface area contributed by atoms with Gasteiger partial charge in [-0.3, -0.25) is 0 Å². The van der Waals surface area contributed by atoms with Crippen LogP contribution < -0.4 is 5.32 Å². The average molecular weight is 244 g/mol. The lowest BCUT2D eigenvalue weighted by atomic mass is 9.78. The topological polar surface area (TPSA) is 61.6 Å². The van der Waals surface area contributed by atoms with E-state index in [4.69, 9.17) is 5.26 Å². The van der Waals surface area contributed by atoms with E-state index in [1.54, 1.807) is 6.07 Å². The van der Waals surface area contributed by atoms with Gasteiger partial charge in [0.05, 0.1) is 0 Å². The third-order valence-corrected chi connectivity index (χ3v) is 3.97. The molecule has 1 aromatic heterocycles. The van der Waals surface area contributed by atoms with E-state index in [1.165, 1.54) is 32.0 Å². The molecule has 0 aromatic carbocycles. The van der Waals surface area contributed by atoms with Gasteiger partial charge in [-0.2, -0.15) is 5.26 Å². The van der Waals surface area contributed by atoms with Gasteiger partial charge < -0.3 is 5.32 Å². The molecule has 1 saturated carbocycles. The zero-order valence-corrected chi connectivity index (χ0v) is 11.1. The normalized spacial score (nSPS) is 16.5. The molecule has 0 saturated heterocycles. The molecule has 18 heavy (non-hydrogen) atoms. The highest BCUT2D eigenvalue weighted by Gasteiger charge is 2.31. The molecule has 2 rings (SSSR count). The van der Waals surface area contributed by atoms with Gasteiger partial charge in [0, 0.05) is 12.6 Å². The Labute approximate surface area is 108 Å². The maximum atomic E-state index is 8.79. The van der Waals surface area contributed by atoms with E-state index < -0.39 is 0 Å². The lowest BCUT2D eigenvalue weighted by Crippen LogP contribution is -2.30. The van der Waals surface area contributed by atoms with E-state index in [9.17, 15) is 0 Å². The molecule has 0 spiro atoms. The van der Waals surface area contributed by atoms with Crippen LogP contribution in [0.5, 0.6) is 0 Å². The van der Waals surface area contributed by atoms with Crippen molar-refractivity contribution in [2.45, 2.75) is 39.5 Å². The molecule has 0 unspecified atom stereocenters. The summed E-state index contributed by atoms with van der Waals surface area (Å²) < 4.78 is 0. The lowest BCUT2D eigenvalue weighted by Gasteiger charge is -2.32. The second-order valence-electron chi connectivity index (χ2n) is 5.72. The number of hydrogen-bond acceptors (Lipinski definition) is 4. The first-order chi connectivity index (χ1) is 8.62. The van der Waals surface area contributed by atoms with Crippen LogP contribution in [0.15, 0.2) is 12.4 Å². The van der Waals surface area contributed by atoms with Gasteiger partial charge in [0.25, 0.3) is 0 Å². The van der Waals surface area contributed by atoms with E-state index in [2.05, 4.69) is 29.1 Å². The zero-order valence-electron chi connectivity index (χ0n) is 11.1. The third-order valence-electron chi connectivity index (χ3n) is 3.97. The van der Waals surface area contributed by atoms with Gasteiger partial charge >= 0.3 is 0 Å². The van der Waals surface area contributed by atoms with E-state index in [0.717, 1.165) is 18.3 Å². The van der Waals surface area contributed by atoms with Gasteiger partial charge in [-0.15, -0.1) is 0 Å². The number of anilines is 1. The molecule has 1 N–H and O–H groups in total. The van der Waals surface area contributed by atoms with Crippen molar-refractivity contribution in [2.24, 2.45) is 11.3 Å². The molecule has 1 fully saturated rings. The van der Waals surface area contributed by atoms with Crippen LogP contribution in [0.25, 0.3) is 0 Å². The summed E-state index contributed by atoms with van der Waals surface area (Å²) in [4.78, 5) is 8.01. The minimum absolute atomic E-state index is 0.272. The summed E-state index contributed by atoms with van der Waals surface area (Å²) in [5.74, 6) is 1.54. The van der Waals surface area contributed by atoms with E-state index in [1.807, 2.05) is 6.07 Å². The van der Waals surface area contributed by atoms with Crippen molar-refractivity contribution in [3.63, 3.8) is 0 Å². The Balaban J connectivity index is 1.95. The molecular weight excluding hydrogens is 224 g/mol. The Bertz CT molecular complexity index is 441. The minimum atomic E-state index is 0.272. The zero-order chi connectivity index (χ0) is 13.0. The first-order valence-corrected chi connectivity index (χ1v) is 6.58. The summed E-state index contributed by atoms with van der Waals surface area (Å²) in [5.41, 5.74) is 0.681. The first-order valence-electron chi connectivity index (χ1n) is 6.58. The van der Waals surface area contributed by atoms with Crippen LogP contribution in [0.3, 0.4) is 0 Å². The standard InChI is InChI=1S/C14H20N4/c1-14(2,11-5-3-4-6-11)9-16-13-7-12(8-15)17-10-18-13/h7,10-11H,3-6,9H2,1-2H3,(H,16,17,18). The number of aromatic nitrogens is 2. The van der Waals surface area contributed by atoms with E-state index in [0.29, 0.717) is 5.69 Å². The quantitative estimate of drug-likeness (QED) is 0.884. The van der Waals surface area contributed by atoms with Gasteiger partial charge in [-0.1, -0.05) is 26.7 Å². The maximum Gasteiger partial charge on any atom is 0.145 e. The molecular formula is C14H20N4. The Morgan fingerprint density at radius 2 is 2.11 bits per heavy atom. The first kappa shape index (κ1) is 12.8. The number of hydrogen-bond donors (Lipinski definition) is 1. The predicted molar refractivity (Wildman–Crippen MR) is 71.0 cm³/mol. The Morgan fingerprint density at radius 1 is 1.39 bits per heavy atom. The van der Waals surface area contributed by atoms with Crippen LogP contribution in [0, 0.1) is 22.7 Å². The minimum Gasteiger partial charge on any atom is -0.369 e. The number of nitrogens with zero attached hydrogens (tertiary/aromatic N) is 3. The van der Waals surface area contributed by atoms with Crippen molar-refractivity contribution in [3.8, 4) is 6.07 Å². The summed E-state index contributed by atoms with van der Waals surface area (Å²) in [7, 11) is 0. The number of nitrogens with one attached hydrogen (secondary N) is 1.